The predicted molar refractivity (Wildman–Crippen MR) is 110 cm³/mol. The number of sulfonamides is 1. The lowest BCUT2D eigenvalue weighted by molar-refractivity contribution is -0.121. The van der Waals surface area contributed by atoms with Crippen LogP contribution in [0.3, 0.4) is 0 Å². The van der Waals surface area contributed by atoms with Gasteiger partial charge in [0.2, 0.25) is 15.9 Å². The maximum atomic E-state index is 13.4. The third kappa shape index (κ3) is 7.89. The summed E-state index contributed by atoms with van der Waals surface area (Å²) < 4.78 is 51.5. The Labute approximate surface area is 172 Å². The molecule has 0 aromatic heterocycles. The lowest BCUT2D eigenvalue weighted by atomic mass is 10.0. The van der Waals surface area contributed by atoms with Crippen molar-refractivity contribution in [3.8, 4) is 0 Å². The Kier molecular flexibility index (Phi) is 8.82. The summed E-state index contributed by atoms with van der Waals surface area (Å²) in [5.41, 5.74) is 0.0440. The van der Waals surface area contributed by atoms with Crippen LogP contribution in [0.4, 0.5) is 14.5 Å². The summed E-state index contributed by atoms with van der Waals surface area (Å²) in [4.78, 5) is 14.4. The van der Waals surface area contributed by atoms with Crippen LogP contribution in [0.15, 0.2) is 18.2 Å². The van der Waals surface area contributed by atoms with Crippen LogP contribution in [0.25, 0.3) is 0 Å². The van der Waals surface area contributed by atoms with Gasteiger partial charge in [0, 0.05) is 32.1 Å². The van der Waals surface area contributed by atoms with Crippen molar-refractivity contribution in [1.82, 2.24) is 10.2 Å². The SMILES string of the molecule is C[C@@H]1CCCN(CCCNC(=O)CCCN(c2ccc(F)c(F)c2)S(C)(=O)=O)C1. The molecular weight excluding hydrogens is 400 g/mol. The molecule has 1 saturated heterocycles. The van der Waals surface area contributed by atoms with E-state index < -0.39 is 21.7 Å². The van der Waals surface area contributed by atoms with E-state index >= 15 is 0 Å². The smallest absolute Gasteiger partial charge is 0.232 e. The quantitative estimate of drug-likeness (QED) is 0.579. The Balaban J connectivity index is 1.73. The first kappa shape index (κ1) is 23.5. The number of piperidine rings is 1. The fourth-order valence-electron chi connectivity index (χ4n) is 3.62. The van der Waals surface area contributed by atoms with Gasteiger partial charge in [0.15, 0.2) is 11.6 Å². The van der Waals surface area contributed by atoms with Crippen LogP contribution in [0.2, 0.25) is 0 Å². The number of nitrogens with one attached hydrogen (secondary N) is 1. The zero-order chi connectivity index (χ0) is 21.4. The molecule has 1 aromatic carbocycles. The highest BCUT2D eigenvalue weighted by atomic mass is 32.2. The van der Waals surface area contributed by atoms with E-state index in [1.165, 1.54) is 18.9 Å². The molecule has 0 unspecified atom stereocenters. The van der Waals surface area contributed by atoms with E-state index in [1.807, 2.05) is 0 Å². The maximum Gasteiger partial charge on any atom is 0.232 e. The van der Waals surface area contributed by atoms with Gasteiger partial charge in [-0.15, -0.1) is 0 Å². The number of carbonyl (C=O) groups excluding carboxylic acids is 1. The number of benzene rings is 1. The maximum absolute atomic E-state index is 13.4. The number of likely N-dealkylation sites (tertiary alicyclic amines) is 1. The van der Waals surface area contributed by atoms with Crippen LogP contribution in [-0.2, 0) is 14.8 Å². The summed E-state index contributed by atoms with van der Waals surface area (Å²) in [6, 6.07) is 2.94. The summed E-state index contributed by atoms with van der Waals surface area (Å²) in [6.45, 7) is 6.05. The highest BCUT2D eigenvalue weighted by Gasteiger charge is 2.19. The molecule has 29 heavy (non-hydrogen) atoms. The van der Waals surface area contributed by atoms with Gasteiger partial charge in [-0.05, 0) is 56.8 Å². The minimum absolute atomic E-state index is 0.0169. The third-order valence-electron chi connectivity index (χ3n) is 5.07. The standard InChI is InChI=1S/C20H31F2N3O3S/c1-16-6-3-11-24(15-16)12-5-10-23-20(26)7-4-13-25(29(2,27)28)17-8-9-18(21)19(22)14-17/h8-9,14,16H,3-7,10-13,15H2,1-2H3,(H,23,26)/t16-/m1/s1. The van der Waals surface area contributed by atoms with E-state index in [4.69, 9.17) is 0 Å². The van der Waals surface area contributed by atoms with Gasteiger partial charge in [0.1, 0.15) is 0 Å². The molecule has 1 aliphatic heterocycles. The molecule has 2 rings (SSSR count). The fraction of sp³-hybridized carbons (Fsp3) is 0.650. The molecule has 0 bridgehead atoms. The van der Waals surface area contributed by atoms with Crippen LogP contribution in [0.5, 0.6) is 0 Å². The van der Waals surface area contributed by atoms with Crippen LogP contribution in [-0.4, -0.2) is 58.2 Å². The van der Waals surface area contributed by atoms with Crippen molar-refractivity contribution in [1.29, 1.82) is 0 Å². The average molecular weight is 432 g/mol. The topological polar surface area (TPSA) is 69.7 Å². The molecule has 0 saturated carbocycles. The number of hydrogen-bond donors (Lipinski definition) is 1. The van der Waals surface area contributed by atoms with Crippen LogP contribution in [0.1, 0.15) is 39.0 Å². The Morgan fingerprint density at radius 2 is 2.03 bits per heavy atom. The van der Waals surface area contributed by atoms with Gasteiger partial charge in [0.25, 0.3) is 0 Å². The van der Waals surface area contributed by atoms with E-state index in [9.17, 15) is 22.0 Å². The summed E-state index contributed by atoms with van der Waals surface area (Å²) in [5, 5.41) is 2.86. The second-order valence-corrected chi connectivity index (χ2v) is 9.70. The van der Waals surface area contributed by atoms with E-state index in [1.54, 1.807) is 0 Å². The van der Waals surface area contributed by atoms with Gasteiger partial charge >= 0.3 is 0 Å². The van der Waals surface area contributed by atoms with Gasteiger partial charge in [-0.3, -0.25) is 9.10 Å². The van der Waals surface area contributed by atoms with E-state index in [-0.39, 0.29) is 31.0 Å². The Morgan fingerprint density at radius 1 is 1.28 bits per heavy atom. The molecule has 1 N–H and O–H groups in total. The largest absolute Gasteiger partial charge is 0.356 e. The molecule has 1 amide bonds. The molecular formula is C20H31F2N3O3S. The fourth-order valence-corrected chi connectivity index (χ4v) is 4.58. The van der Waals surface area contributed by atoms with E-state index in [0.717, 1.165) is 54.7 Å². The number of nitrogens with zero attached hydrogens (tertiary/aromatic N) is 2. The van der Waals surface area contributed by atoms with Crippen molar-refractivity contribution in [2.45, 2.75) is 39.0 Å². The molecule has 1 aromatic rings. The second-order valence-electron chi connectivity index (χ2n) is 7.79. The van der Waals surface area contributed by atoms with Crippen molar-refractivity contribution >= 4 is 21.6 Å². The molecule has 0 spiro atoms. The first-order chi connectivity index (χ1) is 13.7. The Morgan fingerprint density at radius 3 is 2.69 bits per heavy atom. The molecule has 9 heteroatoms. The van der Waals surface area contributed by atoms with Gasteiger partial charge in [-0.25, -0.2) is 17.2 Å². The highest BCUT2D eigenvalue weighted by Crippen LogP contribution is 2.21. The molecule has 1 atom stereocenters. The zero-order valence-electron chi connectivity index (χ0n) is 17.2. The highest BCUT2D eigenvalue weighted by molar-refractivity contribution is 7.92. The summed E-state index contributed by atoms with van der Waals surface area (Å²) in [7, 11) is -3.68. The summed E-state index contributed by atoms with van der Waals surface area (Å²) >= 11 is 0. The summed E-state index contributed by atoms with van der Waals surface area (Å²) in [6.07, 6.45) is 4.82. The van der Waals surface area contributed by atoms with Crippen molar-refractivity contribution in [2.24, 2.45) is 5.92 Å². The zero-order valence-corrected chi connectivity index (χ0v) is 18.0. The number of amides is 1. The molecule has 6 nitrogen and oxygen atoms in total. The first-order valence-electron chi connectivity index (χ1n) is 10.1. The predicted octanol–water partition coefficient (Wildman–Crippen LogP) is 2.75. The van der Waals surface area contributed by atoms with Crippen molar-refractivity contribution < 1.29 is 22.0 Å². The van der Waals surface area contributed by atoms with E-state index in [0.29, 0.717) is 6.54 Å². The summed E-state index contributed by atoms with van der Waals surface area (Å²) in [5.74, 6) is -1.57. The monoisotopic (exact) mass is 431 g/mol. The normalized spacial score (nSPS) is 17.9. The first-order valence-corrected chi connectivity index (χ1v) is 11.9. The lowest BCUT2D eigenvalue weighted by Crippen LogP contribution is -2.36. The number of rotatable bonds is 10. The lowest BCUT2D eigenvalue weighted by Gasteiger charge is -2.30. The van der Waals surface area contributed by atoms with Crippen molar-refractivity contribution in [3.63, 3.8) is 0 Å². The minimum atomic E-state index is -3.68. The molecule has 164 valence electrons. The van der Waals surface area contributed by atoms with Gasteiger partial charge < -0.3 is 10.2 Å². The van der Waals surface area contributed by atoms with Crippen LogP contribution < -0.4 is 9.62 Å². The Bertz CT molecular complexity index is 789. The molecule has 0 radical (unpaired) electrons. The van der Waals surface area contributed by atoms with Gasteiger partial charge in [-0.1, -0.05) is 6.92 Å². The molecule has 0 aliphatic carbocycles. The molecule has 1 heterocycles. The second kappa shape index (κ2) is 10.9. The minimum Gasteiger partial charge on any atom is -0.356 e. The number of halogens is 2. The van der Waals surface area contributed by atoms with Crippen molar-refractivity contribution in [3.05, 3.63) is 29.8 Å². The van der Waals surface area contributed by atoms with Crippen LogP contribution in [0, 0.1) is 17.6 Å². The van der Waals surface area contributed by atoms with E-state index in [2.05, 4.69) is 17.1 Å². The van der Waals surface area contributed by atoms with Crippen molar-refractivity contribution in [2.75, 3.05) is 43.3 Å². The van der Waals surface area contributed by atoms with Gasteiger partial charge in [0.05, 0.1) is 11.9 Å². The molecule has 1 fully saturated rings. The van der Waals surface area contributed by atoms with Gasteiger partial charge in [-0.2, -0.15) is 0 Å². The average Bonchev–Trinajstić information content (AvgIpc) is 2.64. The number of anilines is 1. The molecule has 1 aliphatic rings. The number of carbonyl (C=O) groups is 1. The van der Waals surface area contributed by atoms with Crippen LogP contribution >= 0.6 is 0 Å². The third-order valence-corrected chi connectivity index (χ3v) is 6.27. The number of hydrogen-bond acceptors (Lipinski definition) is 4. The Hall–Kier alpha value is -1.74.